The second-order valence-electron chi connectivity index (χ2n) is 4.19. The molecule has 19 heavy (non-hydrogen) atoms. The van der Waals surface area contributed by atoms with E-state index in [0.717, 1.165) is 5.56 Å². The summed E-state index contributed by atoms with van der Waals surface area (Å²) >= 11 is 0. The van der Waals surface area contributed by atoms with Crippen molar-refractivity contribution < 1.29 is 9.90 Å². The van der Waals surface area contributed by atoms with Crippen LogP contribution in [0.2, 0.25) is 0 Å². The zero-order chi connectivity index (χ0) is 13.8. The number of rotatable bonds is 4. The minimum Gasteiger partial charge on any atom is -0.481 e. The Labute approximate surface area is 109 Å². The van der Waals surface area contributed by atoms with Crippen molar-refractivity contribution >= 4 is 5.97 Å². The van der Waals surface area contributed by atoms with Crippen molar-refractivity contribution in [1.29, 1.82) is 0 Å². The van der Waals surface area contributed by atoms with E-state index < -0.39 is 11.5 Å². The average molecular weight is 259 g/mol. The highest BCUT2D eigenvalue weighted by Crippen LogP contribution is 2.05. The van der Waals surface area contributed by atoms with E-state index in [1.807, 2.05) is 6.07 Å². The number of nitrogens with zero attached hydrogens (tertiary/aromatic N) is 2. The number of aliphatic carboxylic acids is 1. The third kappa shape index (κ3) is 3.25. The molecule has 0 aliphatic heterocycles. The molecule has 98 valence electrons. The molecule has 2 aromatic rings. The summed E-state index contributed by atoms with van der Waals surface area (Å²) in [6, 6.07) is 3.69. The number of aromatic amines is 1. The van der Waals surface area contributed by atoms with Crippen molar-refractivity contribution in [3.8, 4) is 0 Å². The Hall–Kier alpha value is -2.50. The highest BCUT2D eigenvalue weighted by Gasteiger charge is 2.11. The van der Waals surface area contributed by atoms with Gasteiger partial charge in [0.15, 0.2) is 0 Å². The van der Waals surface area contributed by atoms with Crippen LogP contribution in [0, 0.1) is 6.92 Å². The van der Waals surface area contributed by atoms with Crippen LogP contribution in [0.3, 0.4) is 0 Å². The zero-order valence-corrected chi connectivity index (χ0v) is 10.4. The topological polar surface area (TPSA) is 95.9 Å². The normalized spacial score (nSPS) is 10.4. The molecule has 6 heteroatoms. The Balaban J connectivity index is 2.30. The van der Waals surface area contributed by atoms with Crippen LogP contribution in [0.15, 0.2) is 29.3 Å². The molecule has 6 nitrogen and oxygen atoms in total. The van der Waals surface area contributed by atoms with E-state index in [1.165, 1.54) is 0 Å². The van der Waals surface area contributed by atoms with Gasteiger partial charge < -0.3 is 10.1 Å². The van der Waals surface area contributed by atoms with Crippen LogP contribution in [0.4, 0.5) is 0 Å². The van der Waals surface area contributed by atoms with E-state index >= 15 is 0 Å². The Bertz CT molecular complexity index is 650. The van der Waals surface area contributed by atoms with Crippen LogP contribution in [-0.4, -0.2) is 26.0 Å². The van der Waals surface area contributed by atoms with E-state index in [9.17, 15) is 9.59 Å². The molecule has 0 aromatic carbocycles. The van der Waals surface area contributed by atoms with Crippen LogP contribution in [-0.2, 0) is 17.6 Å². The van der Waals surface area contributed by atoms with Crippen molar-refractivity contribution in [2.75, 3.05) is 0 Å². The van der Waals surface area contributed by atoms with Gasteiger partial charge in [-0.3, -0.25) is 14.6 Å². The van der Waals surface area contributed by atoms with Gasteiger partial charge in [0.1, 0.15) is 5.82 Å². The van der Waals surface area contributed by atoms with Gasteiger partial charge in [0.05, 0.1) is 6.42 Å². The minimum atomic E-state index is -1.05. The third-order valence-corrected chi connectivity index (χ3v) is 2.69. The summed E-state index contributed by atoms with van der Waals surface area (Å²) in [7, 11) is 0. The molecule has 2 aromatic heterocycles. The number of pyridine rings is 1. The number of aryl methyl sites for hydroxylation is 1. The first-order valence-electron chi connectivity index (χ1n) is 5.75. The van der Waals surface area contributed by atoms with Gasteiger partial charge in [-0.2, -0.15) is 0 Å². The summed E-state index contributed by atoms with van der Waals surface area (Å²) in [6.45, 7) is 1.64. The van der Waals surface area contributed by atoms with Gasteiger partial charge in [-0.25, -0.2) is 4.98 Å². The third-order valence-electron chi connectivity index (χ3n) is 2.69. The molecule has 0 saturated heterocycles. The molecule has 0 fully saturated rings. The highest BCUT2D eigenvalue weighted by atomic mass is 16.4. The molecular formula is C13H13N3O3. The molecule has 2 rings (SSSR count). The van der Waals surface area contributed by atoms with Crippen molar-refractivity contribution in [1.82, 2.24) is 15.0 Å². The maximum Gasteiger partial charge on any atom is 0.308 e. The quantitative estimate of drug-likeness (QED) is 0.842. The lowest BCUT2D eigenvalue weighted by Gasteiger charge is -2.05. The molecule has 0 saturated carbocycles. The molecule has 2 N–H and O–H groups in total. The first-order chi connectivity index (χ1) is 9.06. The molecule has 2 heterocycles. The van der Waals surface area contributed by atoms with Crippen molar-refractivity contribution in [2.24, 2.45) is 0 Å². The van der Waals surface area contributed by atoms with Crippen LogP contribution in [0.1, 0.15) is 22.6 Å². The van der Waals surface area contributed by atoms with E-state index in [4.69, 9.17) is 5.11 Å². The standard InChI is InChI=1S/C13H13N3O3/c1-8-10(6-12(17)18)13(19)16-11(15-8)5-9-3-2-4-14-7-9/h2-4,7H,5-6H2,1H3,(H,17,18)(H,15,16,19). The van der Waals surface area contributed by atoms with Gasteiger partial charge in [0.2, 0.25) is 0 Å². The molecule has 0 unspecified atom stereocenters. The number of H-pyrrole nitrogens is 1. The fraction of sp³-hybridized carbons (Fsp3) is 0.231. The van der Waals surface area contributed by atoms with Crippen LogP contribution >= 0.6 is 0 Å². The predicted octanol–water partition coefficient (Wildman–Crippen LogP) is 0.691. The van der Waals surface area contributed by atoms with Crippen molar-refractivity contribution in [3.63, 3.8) is 0 Å². The maximum absolute atomic E-state index is 11.8. The summed E-state index contributed by atoms with van der Waals surface area (Å²) in [6.07, 6.45) is 3.50. The van der Waals surface area contributed by atoms with Gasteiger partial charge in [0.25, 0.3) is 5.56 Å². The van der Waals surface area contributed by atoms with E-state index in [1.54, 1.807) is 25.4 Å². The van der Waals surface area contributed by atoms with Crippen LogP contribution in [0.25, 0.3) is 0 Å². The highest BCUT2D eigenvalue weighted by molar-refractivity contribution is 5.70. The summed E-state index contributed by atoms with van der Waals surface area (Å²) in [5.74, 6) is -0.542. The Morgan fingerprint density at radius 2 is 2.26 bits per heavy atom. The zero-order valence-electron chi connectivity index (χ0n) is 10.4. The number of hydrogen-bond donors (Lipinski definition) is 2. The summed E-state index contributed by atoms with van der Waals surface area (Å²) in [5, 5.41) is 8.73. The first kappa shape index (κ1) is 12.9. The number of carboxylic acid groups (broad SMARTS) is 1. The lowest BCUT2D eigenvalue weighted by molar-refractivity contribution is -0.136. The first-order valence-corrected chi connectivity index (χ1v) is 5.75. The second kappa shape index (κ2) is 5.43. The number of hydrogen-bond acceptors (Lipinski definition) is 4. The largest absolute Gasteiger partial charge is 0.481 e. The predicted molar refractivity (Wildman–Crippen MR) is 68.0 cm³/mol. The number of carbonyl (C=O) groups is 1. The number of nitrogens with one attached hydrogen (secondary N) is 1. The van der Waals surface area contributed by atoms with E-state index in [-0.39, 0.29) is 12.0 Å². The summed E-state index contributed by atoms with van der Waals surface area (Å²) in [4.78, 5) is 33.3. The molecule has 0 atom stereocenters. The summed E-state index contributed by atoms with van der Waals surface area (Å²) in [5.41, 5.74) is 1.18. The average Bonchev–Trinajstić information content (AvgIpc) is 2.35. The Kier molecular flexibility index (Phi) is 3.70. The van der Waals surface area contributed by atoms with Crippen molar-refractivity contribution in [2.45, 2.75) is 19.8 Å². The second-order valence-corrected chi connectivity index (χ2v) is 4.19. The monoisotopic (exact) mass is 259 g/mol. The van der Waals surface area contributed by atoms with Crippen molar-refractivity contribution in [3.05, 3.63) is 57.5 Å². The minimum absolute atomic E-state index is 0.197. The van der Waals surface area contributed by atoms with Crippen LogP contribution < -0.4 is 5.56 Å². The molecular weight excluding hydrogens is 246 g/mol. The van der Waals surface area contributed by atoms with Gasteiger partial charge in [-0.15, -0.1) is 0 Å². The fourth-order valence-electron chi connectivity index (χ4n) is 1.81. The smallest absolute Gasteiger partial charge is 0.308 e. The number of carboxylic acids is 1. The molecule has 0 aliphatic rings. The Morgan fingerprint density at radius 1 is 1.47 bits per heavy atom. The molecule has 0 radical (unpaired) electrons. The Morgan fingerprint density at radius 3 is 2.84 bits per heavy atom. The molecule has 0 bridgehead atoms. The van der Waals surface area contributed by atoms with E-state index in [2.05, 4.69) is 15.0 Å². The molecule has 0 amide bonds. The van der Waals surface area contributed by atoms with E-state index in [0.29, 0.717) is 17.9 Å². The lowest BCUT2D eigenvalue weighted by atomic mass is 10.1. The van der Waals surface area contributed by atoms with Gasteiger partial charge in [-0.1, -0.05) is 6.07 Å². The molecule has 0 spiro atoms. The lowest BCUT2D eigenvalue weighted by Crippen LogP contribution is -2.21. The van der Waals surface area contributed by atoms with Gasteiger partial charge in [0, 0.05) is 30.1 Å². The molecule has 0 aliphatic carbocycles. The number of aromatic nitrogens is 3. The van der Waals surface area contributed by atoms with Gasteiger partial charge in [-0.05, 0) is 18.6 Å². The maximum atomic E-state index is 11.8. The summed E-state index contributed by atoms with van der Waals surface area (Å²) < 4.78 is 0. The van der Waals surface area contributed by atoms with Gasteiger partial charge >= 0.3 is 5.97 Å². The van der Waals surface area contributed by atoms with Crippen LogP contribution in [0.5, 0.6) is 0 Å². The fourth-order valence-corrected chi connectivity index (χ4v) is 1.81. The SMILES string of the molecule is Cc1nc(Cc2cccnc2)[nH]c(=O)c1CC(=O)O.